The normalized spacial score (nSPS) is 11.8. The molecule has 0 amide bonds. The summed E-state index contributed by atoms with van der Waals surface area (Å²) in [4.78, 5) is 15.4. The molecule has 0 N–H and O–H groups in total. The lowest BCUT2D eigenvalue weighted by Gasteiger charge is -2.18. The molecule has 1 unspecified atom stereocenters. The molecule has 0 saturated carbocycles. The molecule has 1 heterocycles. The zero-order valence-electron chi connectivity index (χ0n) is 16.4. The van der Waals surface area contributed by atoms with Crippen LogP contribution in [0.15, 0.2) is 48.5 Å². The summed E-state index contributed by atoms with van der Waals surface area (Å²) in [5.41, 5.74) is 0.496. The number of ketones is 1. The fourth-order valence-corrected chi connectivity index (χ4v) is 4.38. The van der Waals surface area contributed by atoms with E-state index in [4.69, 9.17) is 9.47 Å². The zero-order valence-corrected chi connectivity index (χ0v) is 17.3. The number of ether oxygens (including phenoxy) is 2. The van der Waals surface area contributed by atoms with Gasteiger partial charge in [0, 0.05) is 29.6 Å². The molecule has 5 nitrogen and oxygen atoms in total. The fourth-order valence-electron chi connectivity index (χ4n) is 3.06. The molecule has 148 valence electrons. The van der Waals surface area contributed by atoms with E-state index in [1.807, 2.05) is 6.07 Å². The third-order valence-electron chi connectivity index (χ3n) is 4.82. The third-order valence-corrected chi connectivity index (χ3v) is 6.27. The van der Waals surface area contributed by atoms with E-state index in [2.05, 4.69) is 18.7 Å². The molecule has 3 rings (SSSR count). The topological polar surface area (TPSA) is 61.8 Å². The van der Waals surface area contributed by atoms with E-state index in [-0.39, 0.29) is 5.78 Å². The Hall–Kier alpha value is -2.41. The first-order chi connectivity index (χ1) is 13.6. The van der Waals surface area contributed by atoms with Crippen LogP contribution in [0.1, 0.15) is 29.1 Å². The molecule has 0 bridgehead atoms. The van der Waals surface area contributed by atoms with Gasteiger partial charge in [-0.25, -0.2) is 0 Å². The van der Waals surface area contributed by atoms with Gasteiger partial charge >= 0.3 is 0 Å². The van der Waals surface area contributed by atoms with Crippen molar-refractivity contribution in [1.82, 2.24) is 4.90 Å². The molecule has 1 atom stereocenters. The number of likely N-dealkylation sites (N-methyl/N-ethyl adjacent to an activating group) is 1. The number of carbonyl (C=O) groups excluding carboxylic acids is 1. The van der Waals surface area contributed by atoms with Gasteiger partial charge in [0.25, 0.3) is 0 Å². The number of fused-ring (bicyclic) bond motifs is 1. The summed E-state index contributed by atoms with van der Waals surface area (Å²) in [6.07, 6.45) is 0. The smallest absolute Gasteiger partial charge is 0.245 e. The summed E-state index contributed by atoms with van der Waals surface area (Å²) in [5, 5.41) is 0.791. The Morgan fingerprint density at radius 1 is 1.04 bits per heavy atom. The summed E-state index contributed by atoms with van der Waals surface area (Å²) in [5.74, 6) is 1.11. The summed E-state index contributed by atoms with van der Waals surface area (Å²) >= 11 is 0. The van der Waals surface area contributed by atoms with Crippen molar-refractivity contribution in [2.75, 3.05) is 33.4 Å². The molecule has 28 heavy (non-hydrogen) atoms. The molecule has 3 aromatic rings. The van der Waals surface area contributed by atoms with Gasteiger partial charge in [-0.3, -0.25) is 4.79 Å². The van der Waals surface area contributed by atoms with Gasteiger partial charge in [0.15, 0.2) is 4.70 Å². The molecule has 0 aliphatic rings. The van der Waals surface area contributed by atoms with Crippen molar-refractivity contribution in [3.63, 3.8) is 0 Å². The van der Waals surface area contributed by atoms with E-state index in [9.17, 15) is 9.35 Å². The van der Waals surface area contributed by atoms with E-state index >= 15 is 0 Å². The maximum absolute atomic E-state index is 12.8. The van der Waals surface area contributed by atoms with Gasteiger partial charge in [0.05, 0.1) is 7.11 Å². The molecule has 6 heteroatoms. The van der Waals surface area contributed by atoms with Crippen LogP contribution in [0.3, 0.4) is 0 Å². The van der Waals surface area contributed by atoms with Gasteiger partial charge in [-0.05, 0) is 60.2 Å². The highest BCUT2D eigenvalue weighted by molar-refractivity contribution is 7.33. The van der Waals surface area contributed by atoms with E-state index < -0.39 is 10.8 Å². The first-order valence-corrected chi connectivity index (χ1v) is 10.5. The number of nitrogens with zero attached hydrogens (tertiary/aromatic N) is 1. The van der Waals surface area contributed by atoms with Crippen LogP contribution in [-0.2, 0) is 0 Å². The minimum atomic E-state index is -1.50. The molecule has 2 aromatic carbocycles. The molecular weight excluding hydrogens is 374 g/mol. The minimum Gasteiger partial charge on any atom is -0.590 e. The van der Waals surface area contributed by atoms with Gasteiger partial charge < -0.3 is 18.9 Å². The lowest BCUT2D eigenvalue weighted by molar-refractivity contribution is 0.104. The zero-order chi connectivity index (χ0) is 20.1. The second-order valence-corrected chi connectivity index (χ2v) is 7.83. The Morgan fingerprint density at radius 2 is 1.71 bits per heavy atom. The summed E-state index contributed by atoms with van der Waals surface area (Å²) in [6.45, 7) is 7.70. The predicted molar refractivity (Wildman–Crippen MR) is 112 cm³/mol. The van der Waals surface area contributed by atoms with Gasteiger partial charge in [-0.1, -0.05) is 13.8 Å². The Bertz CT molecular complexity index is 945. The lowest BCUT2D eigenvalue weighted by Crippen LogP contribution is -2.27. The molecule has 0 saturated heterocycles. The summed E-state index contributed by atoms with van der Waals surface area (Å²) < 4.78 is 24.3. The highest BCUT2D eigenvalue weighted by Crippen LogP contribution is 2.37. The van der Waals surface area contributed by atoms with Crippen LogP contribution in [0.2, 0.25) is 0 Å². The second kappa shape index (κ2) is 9.19. The second-order valence-electron chi connectivity index (χ2n) is 6.41. The highest BCUT2D eigenvalue weighted by atomic mass is 32.2. The SMILES string of the molecule is CCN(CC)CCOc1ccc(C(=O)c2cc3ccc(OC)cc3[s+]2[O-])cc1. The summed E-state index contributed by atoms with van der Waals surface area (Å²) in [7, 11) is 0.0593. The Labute approximate surface area is 168 Å². The Kier molecular flexibility index (Phi) is 6.67. The average molecular weight is 400 g/mol. The van der Waals surface area contributed by atoms with Crippen molar-refractivity contribution in [2.45, 2.75) is 13.8 Å². The molecule has 0 spiro atoms. The molecule has 0 fully saturated rings. The van der Waals surface area contributed by atoms with Crippen LogP contribution in [0, 0.1) is 0 Å². The van der Waals surface area contributed by atoms with Crippen LogP contribution >= 0.6 is 10.8 Å². The molecule has 0 aliphatic heterocycles. The van der Waals surface area contributed by atoms with Crippen molar-refractivity contribution >= 4 is 26.6 Å². The average Bonchev–Trinajstić information content (AvgIpc) is 3.07. The molecule has 1 aromatic heterocycles. The van der Waals surface area contributed by atoms with Crippen LogP contribution in [-0.4, -0.2) is 48.6 Å². The number of methoxy groups -OCH3 is 1. The number of rotatable bonds is 9. The van der Waals surface area contributed by atoms with Crippen molar-refractivity contribution in [1.29, 1.82) is 0 Å². The monoisotopic (exact) mass is 399 g/mol. The van der Waals surface area contributed by atoms with Crippen LogP contribution in [0.25, 0.3) is 10.1 Å². The van der Waals surface area contributed by atoms with Crippen LogP contribution in [0.4, 0.5) is 0 Å². The standard InChI is InChI=1S/C22H25NO4S/c1-4-23(5-2)12-13-27-18-9-6-16(7-10-18)22(24)21-14-17-8-11-19(26-3)15-20(17)28(21)25/h6-11,14-15H,4-5,12-13H2,1-3H3. The number of thiophene rings is 1. The van der Waals surface area contributed by atoms with Gasteiger partial charge in [0.1, 0.15) is 18.1 Å². The third kappa shape index (κ3) is 4.35. The van der Waals surface area contributed by atoms with Gasteiger partial charge in [-0.2, -0.15) is 0 Å². The first kappa shape index (κ1) is 20.3. The maximum Gasteiger partial charge on any atom is 0.245 e. The number of hydrogen-bond donors (Lipinski definition) is 0. The van der Waals surface area contributed by atoms with Gasteiger partial charge in [-0.15, -0.1) is 0 Å². The van der Waals surface area contributed by atoms with Crippen molar-refractivity contribution in [3.8, 4) is 11.5 Å². The fraction of sp³-hybridized carbons (Fsp3) is 0.318. The highest BCUT2D eigenvalue weighted by Gasteiger charge is 2.23. The maximum atomic E-state index is 12.8. The minimum absolute atomic E-state index is 0.233. The first-order valence-electron chi connectivity index (χ1n) is 9.38. The molecule has 0 radical (unpaired) electrons. The van der Waals surface area contributed by atoms with Crippen molar-refractivity contribution < 1.29 is 18.8 Å². The summed E-state index contributed by atoms with van der Waals surface area (Å²) in [6, 6.07) is 14.0. The predicted octanol–water partition coefficient (Wildman–Crippen LogP) is 4.53. The van der Waals surface area contributed by atoms with Crippen LogP contribution in [0.5, 0.6) is 11.5 Å². The van der Waals surface area contributed by atoms with E-state index in [1.165, 1.54) is 0 Å². The number of carbonyl (C=O) groups is 1. The van der Waals surface area contributed by atoms with Gasteiger partial charge in [0.2, 0.25) is 10.7 Å². The van der Waals surface area contributed by atoms with E-state index in [1.54, 1.807) is 49.6 Å². The van der Waals surface area contributed by atoms with E-state index in [0.29, 0.717) is 27.5 Å². The number of hydrogen-bond acceptors (Lipinski definition) is 5. The Balaban J connectivity index is 1.72. The van der Waals surface area contributed by atoms with E-state index in [0.717, 1.165) is 30.8 Å². The quantitative estimate of drug-likeness (QED) is 0.391. The Morgan fingerprint density at radius 3 is 2.36 bits per heavy atom. The van der Waals surface area contributed by atoms with Crippen molar-refractivity contribution in [3.05, 3.63) is 59.0 Å². The lowest BCUT2D eigenvalue weighted by atomic mass is 10.1. The molecular formula is C22H25NO4S. The van der Waals surface area contributed by atoms with Crippen LogP contribution < -0.4 is 9.47 Å². The largest absolute Gasteiger partial charge is 0.590 e. The number of benzene rings is 2. The molecule has 0 aliphatic carbocycles. The van der Waals surface area contributed by atoms with Crippen molar-refractivity contribution in [2.24, 2.45) is 0 Å².